The van der Waals surface area contributed by atoms with Gasteiger partial charge in [0.1, 0.15) is 0 Å². The van der Waals surface area contributed by atoms with Gasteiger partial charge < -0.3 is 4.57 Å². The van der Waals surface area contributed by atoms with E-state index in [4.69, 9.17) is 0 Å². The number of nitro benzene ring substituents is 1. The molecular weight excluding hydrogens is 384 g/mol. The second kappa shape index (κ2) is 7.27. The molecule has 0 aliphatic rings. The minimum Gasteiger partial charge on any atom is -0.317 e. The number of benzene rings is 2. The van der Waals surface area contributed by atoms with Crippen LogP contribution in [0.2, 0.25) is 0 Å². The Morgan fingerprint density at radius 3 is 2.36 bits per heavy atom. The summed E-state index contributed by atoms with van der Waals surface area (Å²) in [4.78, 5) is 22.5. The van der Waals surface area contributed by atoms with Crippen LogP contribution in [-0.2, 0) is 0 Å². The summed E-state index contributed by atoms with van der Waals surface area (Å²) in [5.41, 5.74) is 2.23. The van der Waals surface area contributed by atoms with Crippen molar-refractivity contribution in [2.24, 2.45) is 0 Å². The van der Waals surface area contributed by atoms with Crippen LogP contribution >= 0.6 is 15.9 Å². The van der Waals surface area contributed by atoms with Crippen molar-refractivity contribution in [3.63, 3.8) is 0 Å². The SMILES string of the molecule is O=C(/C=C/c1cccn1-c1ccc([N+](=O)[O-])cc1)c1ccc(Br)cc1. The van der Waals surface area contributed by atoms with Crippen LogP contribution in [0.1, 0.15) is 16.1 Å². The Hall–Kier alpha value is -2.99. The van der Waals surface area contributed by atoms with Gasteiger partial charge in [-0.2, -0.15) is 0 Å². The molecule has 1 heterocycles. The van der Waals surface area contributed by atoms with E-state index >= 15 is 0 Å². The molecule has 124 valence electrons. The molecule has 0 amide bonds. The van der Waals surface area contributed by atoms with E-state index in [1.54, 1.807) is 30.3 Å². The van der Waals surface area contributed by atoms with Gasteiger partial charge in [0, 0.05) is 39.7 Å². The number of halogens is 1. The van der Waals surface area contributed by atoms with Gasteiger partial charge in [0.25, 0.3) is 5.69 Å². The van der Waals surface area contributed by atoms with E-state index in [0.717, 1.165) is 15.9 Å². The lowest BCUT2D eigenvalue weighted by Crippen LogP contribution is -1.97. The summed E-state index contributed by atoms with van der Waals surface area (Å²) in [7, 11) is 0. The lowest BCUT2D eigenvalue weighted by Gasteiger charge is -2.06. The van der Waals surface area contributed by atoms with E-state index in [0.29, 0.717) is 5.56 Å². The molecule has 1 aromatic heterocycles. The third kappa shape index (κ3) is 3.92. The first kappa shape index (κ1) is 16.9. The average molecular weight is 397 g/mol. The number of carbonyl (C=O) groups is 1. The number of hydrogen-bond donors (Lipinski definition) is 0. The van der Waals surface area contributed by atoms with Crippen molar-refractivity contribution in [3.05, 3.63) is 98.8 Å². The molecule has 0 bridgehead atoms. The van der Waals surface area contributed by atoms with Gasteiger partial charge in [0.2, 0.25) is 0 Å². The molecular formula is C19H13BrN2O3. The van der Waals surface area contributed by atoms with Crippen LogP contribution in [0.5, 0.6) is 0 Å². The number of nitrogens with zero attached hydrogens (tertiary/aromatic N) is 2. The van der Waals surface area contributed by atoms with Gasteiger partial charge in [-0.25, -0.2) is 0 Å². The van der Waals surface area contributed by atoms with Crippen molar-refractivity contribution in [2.75, 3.05) is 0 Å². The van der Waals surface area contributed by atoms with Gasteiger partial charge in [0.15, 0.2) is 5.78 Å². The molecule has 0 aliphatic heterocycles. The molecule has 0 fully saturated rings. The van der Waals surface area contributed by atoms with Crippen LogP contribution in [0.15, 0.2) is 77.4 Å². The van der Waals surface area contributed by atoms with Gasteiger partial charge in [-0.3, -0.25) is 14.9 Å². The van der Waals surface area contributed by atoms with E-state index in [-0.39, 0.29) is 11.5 Å². The van der Waals surface area contributed by atoms with E-state index in [2.05, 4.69) is 15.9 Å². The van der Waals surface area contributed by atoms with Crippen molar-refractivity contribution < 1.29 is 9.72 Å². The van der Waals surface area contributed by atoms with Gasteiger partial charge in [-0.1, -0.05) is 15.9 Å². The molecule has 0 spiro atoms. The summed E-state index contributed by atoms with van der Waals surface area (Å²) in [6.45, 7) is 0. The Kier molecular flexibility index (Phi) is 4.90. The smallest absolute Gasteiger partial charge is 0.269 e. The highest BCUT2D eigenvalue weighted by molar-refractivity contribution is 9.10. The fourth-order valence-corrected chi connectivity index (χ4v) is 2.64. The second-order valence-corrected chi connectivity index (χ2v) is 6.20. The van der Waals surface area contributed by atoms with Gasteiger partial charge >= 0.3 is 0 Å². The maximum Gasteiger partial charge on any atom is 0.269 e. The third-order valence-corrected chi connectivity index (χ3v) is 4.18. The lowest BCUT2D eigenvalue weighted by atomic mass is 10.1. The largest absolute Gasteiger partial charge is 0.317 e. The highest BCUT2D eigenvalue weighted by Gasteiger charge is 2.07. The van der Waals surface area contributed by atoms with E-state index in [1.165, 1.54) is 18.2 Å². The Morgan fingerprint density at radius 2 is 1.72 bits per heavy atom. The van der Waals surface area contributed by atoms with Crippen molar-refractivity contribution in [1.29, 1.82) is 0 Å². The minimum absolute atomic E-state index is 0.0402. The Bertz CT molecular complexity index is 942. The normalized spacial score (nSPS) is 10.9. The molecule has 0 atom stereocenters. The maximum atomic E-state index is 12.2. The average Bonchev–Trinajstić information content (AvgIpc) is 3.09. The van der Waals surface area contributed by atoms with Gasteiger partial charge in [-0.05, 0) is 60.7 Å². The summed E-state index contributed by atoms with van der Waals surface area (Å²) >= 11 is 3.34. The predicted octanol–water partition coefficient (Wildman–Crippen LogP) is 5.04. The number of carbonyl (C=O) groups excluding carboxylic acids is 1. The number of non-ortho nitro benzene ring substituents is 1. The molecule has 0 saturated carbocycles. The maximum absolute atomic E-state index is 12.2. The van der Waals surface area contributed by atoms with Crippen LogP contribution in [-0.4, -0.2) is 15.3 Å². The molecule has 6 heteroatoms. The highest BCUT2D eigenvalue weighted by Crippen LogP contribution is 2.18. The van der Waals surface area contributed by atoms with Crippen LogP contribution in [0.3, 0.4) is 0 Å². The molecule has 3 aromatic rings. The third-order valence-electron chi connectivity index (χ3n) is 3.65. The second-order valence-electron chi connectivity index (χ2n) is 5.28. The zero-order valence-corrected chi connectivity index (χ0v) is 14.6. The molecule has 0 unspecified atom stereocenters. The Labute approximate surface area is 152 Å². The standard InChI is InChI=1S/C19H13BrN2O3/c20-15-5-3-14(4-6-15)19(23)12-11-16-2-1-13-21(16)17-7-9-18(10-8-17)22(24)25/h1-13H/b12-11+. The molecule has 5 nitrogen and oxygen atoms in total. The van der Waals surface area contributed by atoms with Crippen LogP contribution in [0.4, 0.5) is 5.69 Å². The number of nitro groups is 1. The van der Waals surface area contributed by atoms with E-state index in [9.17, 15) is 14.9 Å². The highest BCUT2D eigenvalue weighted by atomic mass is 79.9. The first-order valence-corrected chi connectivity index (χ1v) is 8.24. The first-order chi connectivity index (χ1) is 12.0. The van der Waals surface area contributed by atoms with Crippen molar-refractivity contribution in [1.82, 2.24) is 4.57 Å². The van der Waals surface area contributed by atoms with Gasteiger partial charge in [-0.15, -0.1) is 0 Å². The van der Waals surface area contributed by atoms with E-state index < -0.39 is 4.92 Å². The fourth-order valence-electron chi connectivity index (χ4n) is 2.37. The van der Waals surface area contributed by atoms with E-state index in [1.807, 2.05) is 35.0 Å². The van der Waals surface area contributed by atoms with Crippen molar-refractivity contribution in [3.8, 4) is 5.69 Å². The monoisotopic (exact) mass is 396 g/mol. The predicted molar refractivity (Wildman–Crippen MR) is 99.9 cm³/mol. The van der Waals surface area contributed by atoms with Crippen LogP contribution < -0.4 is 0 Å². The minimum atomic E-state index is -0.433. The molecule has 3 rings (SSSR count). The van der Waals surface area contributed by atoms with Crippen LogP contribution in [0, 0.1) is 10.1 Å². The Morgan fingerprint density at radius 1 is 1.04 bits per heavy atom. The topological polar surface area (TPSA) is 65.1 Å². The van der Waals surface area contributed by atoms with Crippen LogP contribution in [0.25, 0.3) is 11.8 Å². The molecule has 0 N–H and O–H groups in total. The molecule has 0 aliphatic carbocycles. The summed E-state index contributed by atoms with van der Waals surface area (Å²) in [6, 6.07) is 17.1. The van der Waals surface area contributed by atoms with Crippen molar-refractivity contribution >= 4 is 33.5 Å². The fraction of sp³-hybridized carbons (Fsp3) is 0. The summed E-state index contributed by atoms with van der Waals surface area (Å²) < 4.78 is 2.77. The zero-order chi connectivity index (χ0) is 17.8. The number of aromatic nitrogens is 1. The first-order valence-electron chi connectivity index (χ1n) is 7.45. The Balaban J connectivity index is 1.82. The van der Waals surface area contributed by atoms with Gasteiger partial charge in [0.05, 0.1) is 4.92 Å². The number of ketones is 1. The number of hydrogen-bond acceptors (Lipinski definition) is 3. The van der Waals surface area contributed by atoms with Crippen molar-refractivity contribution in [2.45, 2.75) is 0 Å². The summed E-state index contributed by atoms with van der Waals surface area (Å²) in [6.07, 6.45) is 5.08. The molecule has 0 radical (unpaired) electrons. The molecule has 25 heavy (non-hydrogen) atoms. The quantitative estimate of drug-likeness (QED) is 0.262. The summed E-state index contributed by atoms with van der Waals surface area (Å²) in [5, 5.41) is 10.7. The number of allylic oxidation sites excluding steroid dienone is 1. The molecule has 2 aromatic carbocycles. The lowest BCUT2D eigenvalue weighted by molar-refractivity contribution is -0.384. The summed E-state index contributed by atoms with van der Waals surface area (Å²) in [5.74, 6) is -0.0936. The molecule has 0 saturated heterocycles. The number of rotatable bonds is 5. The zero-order valence-electron chi connectivity index (χ0n) is 13.0.